The van der Waals surface area contributed by atoms with Gasteiger partial charge in [-0.15, -0.1) is 0 Å². The van der Waals surface area contributed by atoms with Crippen molar-refractivity contribution < 1.29 is 14.7 Å². The molecule has 1 aromatic heterocycles. The predicted molar refractivity (Wildman–Crippen MR) is 138 cm³/mol. The number of Topliss-reactive ketones (excluding diaryl/α,β-unsaturated/α-hetero) is 1. The fourth-order valence-corrected chi connectivity index (χ4v) is 4.58. The lowest BCUT2D eigenvalue weighted by Gasteiger charge is -2.26. The number of pyridine rings is 1. The van der Waals surface area contributed by atoms with Gasteiger partial charge in [-0.2, -0.15) is 0 Å². The van der Waals surface area contributed by atoms with Gasteiger partial charge in [-0.25, -0.2) is 0 Å². The fraction of sp³-hybridized carbons (Fsp3) is 0.300. The highest BCUT2D eigenvalue weighted by Crippen LogP contribution is 2.41. The van der Waals surface area contributed by atoms with Gasteiger partial charge in [0.15, 0.2) is 0 Å². The molecule has 1 aliphatic rings. The first-order valence-electron chi connectivity index (χ1n) is 11.8. The molecular formula is C30H32N2O3. The predicted octanol–water partition coefficient (Wildman–Crippen LogP) is 5.93. The number of hydrogen-bond donors (Lipinski definition) is 1. The zero-order valence-electron chi connectivity index (χ0n) is 21.2. The molecule has 0 saturated carbocycles. The molecule has 0 radical (unpaired) electrons. The molecule has 4 rings (SSSR count). The molecule has 1 atom stereocenters. The number of ketones is 1. The Morgan fingerprint density at radius 2 is 1.60 bits per heavy atom. The van der Waals surface area contributed by atoms with Gasteiger partial charge < -0.3 is 10.0 Å². The van der Waals surface area contributed by atoms with E-state index in [0.29, 0.717) is 5.56 Å². The quantitative estimate of drug-likeness (QED) is 0.293. The lowest BCUT2D eigenvalue weighted by molar-refractivity contribution is -0.140. The third-order valence-electron chi connectivity index (χ3n) is 6.77. The number of aliphatic hydroxyl groups excluding tert-OH is 1. The van der Waals surface area contributed by atoms with Crippen LogP contribution >= 0.6 is 0 Å². The number of hydrogen-bond acceptors (Lipinski definition) is 4. The van der Waals surface area contributed by atoms with Crippen LogP contribution in [-0.4, -0.2) is 26.7 Å². The maximum atomic E-state index is 13.4. The molecule has 2 heterocycles. The molecule has 1 N–H and O–H groups in total. The topological polar surface area (TPSA) is 70.5 Å². The third-order valence-corrected chi connectivity index (χ3v) is 6.77. The molecule has 1 saturated heterocycles. The van der Waals surface area contributed by atoms with Gasteiger partial charge in [0.05, 0.1) is 11.6 Å². The van der Waals surface area contributed by atoms with Crippen LogP contribution in [0, 0.1) is 20.8 Å². The Labute approximate surface area is 207 Å². The number of aryl methyl sites for hydroxylation is 3. The van der Waals surface area contributed by atoms with Crippen LogP contribution in [0.4, 0.5) is 0 Å². The SMILES string of the molecule is Cc1ccc(C)c(CN2C(=O)C(=O)/C(=C(/O)c3cc(C(C)(C)C)ccc3C)C2c2ccncc2)c1. The van der Waals surface area contributed by atoms with E-state index in [1.807, 2.05) is 57.2 Å². The minimum Gasteiger partial charge on any atom is -0.507 e. The van der Waals surface area contributed by atoms with Crippen LogP contribution in [0.15, 0.2) is 66.5 Å². The first-order chi connectivity index (χ1) is 16.5. The molecule has 1 aliphatic heterocycles. The van der Waals surface area contributed by atoms with Crippen molar-refractivity contribution in [3.05, 3.63) is 105 Å². The Bertz CT molecular complexity index is 1330. The number of carbonyl (C=O) groups is 2. The second-order valence-corrected chi connectivity index (χ2v) is 10.4. The van der Waals surface area contributed by atoms with Crippen LogP contribution in [0.3, 0.4) is 0 Å². The smallest absolute Gasteiger partial charge is 0.295 e. The largest absolute Gasteiger partial charge is 0.507 e. The van der Waals surface area contributed by atoms with Crippen LogP contribution in [0.1, 0.15) is 65.8 Å². The molecule has 3 aromatic rings. The van der Waals surface area contributed by atoms with Gasteiger partial charge in [0.1, 0.15) is 5.76 Å². The summed E-state index contributed by atoms with van der Waals surface area (Å²) in [5.74, 6) is -1.42. The lowest BCUT2D eigenvalue weighted by Crippen LogP contribution is -2.29. The Morgan fingerprint density at radius 1 is 0.943 bits per heavy atom. The number of likely N-dealkylation sites (tertiary alicyclic amines) is 1. The number of aliphatic hydroxyl groups is 1. The van der Waals surface area contributed by atoms with Crippen LogP contribution in [-0.2, 0) is 21.5 Å². The first-order valence-corrected chi connectivity index (χ1v) is 11.8. The summed E-state index contributed by atoms with van der Waals surface area (Å²) in [4.78, 5) is 32.5. The summed E-state index contributed by atoms with van der Waals surface area (Å²) in [5.41, 5.74) is 6.24. The van der Waals surface area contributed by atoms with E-state index in [-0.39, 0.29) is 23.3 Å². The molecule has 1 fully saturated rings. The minimum absolute atomic E-state index is 0.112. The van der Waals surface area contributed by atoms with Crippen molar-refractivity contribution in [1.82, 2.24) is 9.88 Å². The number of carbonyl (C=O) groups excluding carboxylic acids is 2. The number of benzene rings is 2. The number of rotatable bonds is 4. The summed E-state index contributed by atoms with van der Waals surface area (Å²) < 4.78 is 0. The zero-order valence-corrected chi connectivity index (χ0v) is 21.2. The summed E-state index contributed by atoms with van der Waals surface area (Å²) in [6, 6.07) is 14.9. The van der Waals surface area contributed by atoms with Gasteiger partial charge in [0, 0.05) is 24.5 Å². The highest BCUT2D eigenvalue weighted by Gasteiger charge is 2.46. The van der Waals surface area contributed by atoms with Crippen LogP contribution < -0.4 is 0 Å². The van der Waals surface area contributed by atoms with Gasteiger partial charge in [-0.05, 0) is 72.2 Å². The van der Waals surface area contributed by atoms with Gasteiger partial charge >= 0.3 is 0 Å². The molecule has 5 heteroatoms. The molecule has 35 heavy (non-hydrogen) atoms. The van der Waals surface area contributed by atoms with E-state index in [4.69, 9.17) is 0 Å². The van der Waals surface area contributed by atoms with Gasteiger partial charge in [-0.1, -0.05) is 56.7 Å². The van der Waals surface area contributed by atoms with Crippen molar-refractivity contribution in [2.75, 3.05) is 0 Å². The van der Waals surface area contributed by atoms with E-state index < -0.39 is 17.7 Å². The summed E-state index contributed by atoms with van der Waals surface area (Å²) in [5, 5.41) is 11.6. The highest BCUT2D eigenvalue weighted by atomic mass is 16.3. The average molecular weight is 469 g/mol. The summed E-state index contributed by atoms with van der Waals surface area (Å²) in [7, 11) is 0. The van der Waals surface area contributed by atoms with Crippen molar-refractivity contribution in [2.45, 2.75) is 59.5 Å². The van der Waals surface area contributed by atoms with Gasteiger partial charge in [0.2, 0.25) is 0 Å². The third kappa shape index (κ3) is 4.63. The Morgan fingerprint density at radius 3 is 2.26 bits per heavy atom. The number of aromatic nitrogens is 1. The standard InChI is InChI=1S/C30H32N2O3/c1-18-7-8-19(2)22(15-18)17-32-26(21-11-13-31-14-12-21)25(28(34)29(32)35)27(33)24-16-23(30(4,5)6)10-9-20(24)3/h7-16,26,33H,17H2,1-6H3/b27-25+. The molecule has 1 unspecified atom stereocenters. The van der Waals surface area contributed by atoms with E-state index in [2.05, 4.69) is 25.8 Å². The molecule has 1 amide bonds. The summed E-state index contributed by atoms with van der Waals surface area (Å²) in [6.45, 7) is 12.5. The van der Waals surface area contributed by atoms with Crippen molar-refractivity contribution in [2.24, 2.45) is 0 Å². The van der Waals surface area contributed by atoms with Gasteiger partial charge in [0.25, 0.3) is 11.7 Å². The zero-order chi connectivity index (χ0) is 25.5. The van der Waals surface area contributed by atoms with Crippen LogP contribution in [0.25, 0.3) is 5.76 Å². The number of amides is 1. The Hall–Kier alpha value is -3.73. The maximum Gasteiger partial charge on any atom is 0.295 e. The normalized spacial score (nSPS) is 17.8. The second kappa shape index (κ2) is 9.14. The Balaban J connectivity index is 1.91. The van der Waals surface area contributed by atoms with E-state index in [1.165, 1.54) is 0 Å². The molecular weight excluding hydrogens is 436 g/mol. The lowest BCUT2D eigenvalue weighted by atomic mass is 9.84. The van der Waals surface area contributed by atoms with E-state index in [0.717, 1.165) is 33.4 Å². The highest BCUT2D eigenvalue weighted by molar-refractivity contribution is 6.46. The Kier molecular flexibility index (Phi) is 6.37. The van der Waals surface area contributed by atoms with Crippen molar-refractivity contribution in [3.63, 3.8) is 0 Å². The molecule has 5 nitrogen and oxygen atoms in total. The summed E-state index contributed by atoms with van der Waals surface area (Å²) in [6.07, 6.45) is 3.28. The van der Waals surface area contributed by atoms with E-state index in [1.54, 1.807) is 29.4 Å². The van der Waals surface area contributed by atoms with E-state index in [9.17, 15) is 14.7 Å². The van der Waals surface area contributed by atoms with Crippen molar-refractivity contribution >= 4 is 17.4 Å². The summed E-state index contributed by atoms with van der Waals surface area (Å²) >= 11 is 0. The van der Waals surface area contributed by atoms with Crippen molar-refractivity contribution in [3.8, 4) is 0 Å². The van der Waals surface area contributed by atoms with Crippen molar-refractivity contribution in [1.29, 1.82) is 0 Å². The van der Waals surface area contributed by atoms with Crippen LogP contribution in [0.5, 0.6) is 0 Å². The molecule has 180 valence electrons. The maximum absolute atomic E-state index is 13.4. The van der Waals surface area contributed by atoms with Crippen LogP contribution in [0.2, 0.25) is 0 Å². The molecule has 0 bridgehead atoms. The molecule has 2 aromatic carbocycles. The molecule has 0 aliphatic carbocycles. The average Bonchev–Trinajstić information content (AvgIpc) is 3.06. The number of nitrogens with zero attached hydrogens (tertiary/aromatic N) is 2. The van der Waals surface area contributed by atoms with Gasteiger partial charge in [-0.3, -0.25) is 14.6 Å². The molecule has 0 spiro atoms. The first kappa shape index (κ1) is 24.4. The fourth-order valence-electron chi connectivity index (χ4n) is 4.58. The monoisotopic (exact) mass is 468 g/mol. The minimum atomic E-state index is -0.712. The van der Waals surface area contributed by atoms with E-state index >= 15 is 0 Å². The second-order valence-electron chi connectivity index (χ2n) is 10.4.